The Morgan fingerprint density at radius 1 is 1.50 bits per heavy atom. The van der Waals surface area contributed by atoms with Gasteiger partial charge in [-0.25, -0.2) is 8.57 Å². The van der Waals surface area contributed by atoms with Crippen LogP contribution in [0.3, 0.4) is 0 Å². The zero-order valence-electron chi connectivity index (χ0n) is 7.66. The predicted molar refractivity (Wildman–Crippen MR) is 52.7 cm³/mol. The van der Waals surface area contributed by atoms with Gasteiger partial charge in [-0.2, -0.15) is 0 Å². The van der Waals surface area contributed by atoms with E-state index >= 15 is 0 Å². The van der Waals surface area contributed by atoms with Crippen LogP contribution in [0.5, 0.6) is 0 Å². The third-order valence-corrected chi connectivity index (χ3v) is 4.59. The third-order valence-electron chi connectivity index (χ3n) is 2.09. The average molecular weight is 190 g/mol. The van der Waals surface area contributed by atoms with Crippen molar-refractivity contribution in [3.63, 3.8) is 0 Å². The second kappa shape index (κ2) is 4.23. The lowest BCUT2D eigenvalue weighted by Gasteiger charge is -2.02. The van der Waals surface area contributed by atoms with E-state index in [0.717, 1.165) is 30.8 Å². The van der Waals surface area contributed by atoms with Crippen LogP contribution in [-0.4, -0.2) is 28.3 Å². The molecule has 1 rings (SSSR count). The van der Waals surface area contributed by atoms with E-state index in [-0.39, 0.29) is 6.04 Å². The zero-order chi connectivity index (χ0) is 9.03. The normalized spacial score (nSPS) is 23.8. The Morgan fingerprint density at radius 2 is 2.08 bits per heavy atom. The molecule has 1 saturated heterocycles. The summed E-state index contributed by atoms with van der Waals surface area (Å²) in [6.45, 7) is 2.63. The average Bonchev–Trinajstić information content (AvgIpc) is 2.35. The molecule has 0 aromatic rings. The van der Waals surface area contributed by atoms with Crippen LogP contribution in [0.25, 0.3) is 0 Å². The first-order valence-electron chi connectivity index (χ1n) is 4.56. The van der Waals surface area contributed by atoms with E-state index in [9.17, 15) is 4.21 Å². The SMILES string of the molecule is CC(N)CCN=S1(=O)CCCC1. The quantitative estimate of drug-likeness (QED) is 0.721. The molecule has 0 saturated carbocycles. The lowest BCUT2D eigenvalue weighted by molar-refractivity contribution is 0.662. The summed E-state index contributed by atoms with van der Waals surface area (Å²) < 4.78 is 16.0. The van der Waals surface area contributed by atoms with Crippen LogP contribution >= 0.6 is 0 Å². The molecule has 1 heterocycles. The van der Waals surface area contributed by atoms with Gasteiger partial charge in [0.15, 0.2) is 0 Å². The van der Waals surface area contributed by atoms with E-state index in [1.165, 1.54) is 0 Å². The van der Waals surface area contributed by atoms with Crippen molar-refractivity contribution >= 4 is 9.73 Å². The monoisotopic (exact) mass is 190 g/mol. The van der Waals surface area contributed by atoms with E-state index in [2.05, 4.69) is 4.36 Å². The molecular weight excluding hydrogens is 172 g/mol. The van der Waals surface area contributed by atoms with Crippen LogP contribution in [0, 0.1) is 0 Å². The van der Waals surface area contributed by atoms with E-state index < -0.39 is 9.73 Å². The summed E-state index contributed by atoms with van der Waals surface area (Å²) in [6.07, 6.45) is 3.03. The molecule has 1 atom stereocenters. The van der Waals surface area contributed by atoms with Crippen molar-refractivity contribution in [2.75, 3.05) is 18.1 Å². The topological polar surface area (TPSA) is 55.4 Å². The summed E-state index contributed by atoms with van der Waals surface area (Å²) in [4.78, 5) is 0. The van der Waals surface area contributed by atoms with Crippen molar-refractivity contribution in [3.05, 3.63) is 0 Å². The Hall–Kier alpha value is -0.0900. The smallest absolute Gasteiger partial charge is 0.0498 e. The lowest BCUT2D eigenvalue weighted by Crippen LogP contribution is -2.16. The second-order valence-electron chi connectivity index (χ2n) is 3.51. The molecule has 12 heavy (non-hydrogen) atoms. The standard InChI is InChI=1S/C8H18N2OS/c1-8(9)4-5-10-12(11)6-2-3-7-12/h8H,2-7,9H2,1H3. The van der Waals surface area contributed by atoms with Gasteiger partial charge in [-0.05, 0) is 26.2 Å². The van der Waals surface area contributed by atoms with Crippen molar-refractivity contribution in [3.8, 4) is 0 Å². The fourth-order valence-corrected chi connectivity index (χ4v) is 3.52. The molecule has 0 spiro atoms. The summed E-state index contributed by atoms with van der Waals surface area (Å²) in [7, 11) is -1.78. The van der Waals surface area contributed by atoms with Gasteiger partial charge in [0, 0.05) is 33.8 Å². The molecule has 1 aliphatic heterocycles. The Labute approximate surface area is 74.9 Å². The Bertz CT molecular complexity index is 229. The molecule has 0 amide bonds. The molecule has 3 nitrogen and oxygen atoms in total. The van der Waals surface area contributed by atoms with Gasteiger partial charge in [0.25, 0.3) is 0 Å². The molecule has 1 aliphatic rings. The highest BCUT2D eigenvalue weighted by molar-refractivity contribution is 7.93. The number of hydrogen-bond donors (Lipinski definition) is 1. The van der Waals surface area contributed by atoms with Gasteiger partial charge >= 0.3 is 0 Å². The fourth-order valence-electron chi connectivity index (χ4n) is 1.31. The second-order valence-corrected chi connectivity index (χ2v) is 6.13. The molecule has 1 unspecified atom stereocenters. The first-order chi connectivity index (χ1) is 5.62. The summed E-state index contributed by atoms with van der Waals surface area (Å²) in [5, 5.41) is 0. The minimum absolute atomic E-state index is 0.179. The summed E-state index contributed by atoms with van der Waals surface area (Å²) >= 11 is 0. The highest BCUT2D eigenvalue weighted by Crippen LogP contribution is 2.13. The summed E-state index contributed by atoms with van der Waals surface area (Å²) in [5.74, 6) is 1.62. The van der Waals surface area contributed by atoms with Crippen molar-refractivity contribution in [1.29, 1.82) is 0 Å². The van der Waals surface area contributed by atoms with Crippen molar-refractivity contribution in [2.45, 2.75) is 32.2 Å². The van der Waals surface area contributed by atoms with Crippen LogP contribution < -0.4 is 5.73 Å². The highest BCUT2D eigenvalue weighted by atomic mass is 32.2. The van der Waals surface area contributed by atoms with E-state index in [0.29, 0.717) is 6.54 Å². The molecule has 0 radical (unpaired) electrons. The minimum atomic E-state index is -1.78. The molecule has 72 valence electrons. The van der Waals surface area contributed by atoms with Crippen LogP contribution in [0.1, 0.15) is 26.2 Å². The van der Waals surface area contributed by atoms with E-state index in [1.807, 2.05) is 6.92 Å². The van der Waals surface area contributed by atoms with Gasteiger partial charge in [-0.1, -0.05) is 0 Å². The largest absolute Gasteiger partial charge is 0.328 e. The maximum atomic E-state index is 11.8. The Kier molecular flexibility index (Phi) is 3.53. The molecule has 0 aliphatic carbocycles. The van der Waals surface area contributed by atoms with E-state index in [1.54, 1.807) is 0 Å². The van der Waals surface area contributed by atoms with Crippen LogP contribution in [0.4, 0.5) is 0 Å². The molecule has 1 fully saturated rings. The molecular formula is C8H18N2OS. The molecule has 0 aromatic heterocycles. The van der Waals surface area contributed by atoms with Crippen LogP contribution in [0.15, 0.2) is 4.36 Å². The van der Waals surface area contributed by atoms with Gasteiger partial charge in [-0.3, -0.25) is 0 Å². The molecule has 0 aromatic carbocycles. The van der Waals surface area contributed by atoms with Crippen molar-refractivity contribution < 1.29 is 4.21 Å². The summed E-state index contributed by atoms with van der Waals surface area (Å²) in [6, 6.07) is 0.179. The maximum Gasteiger partial charge on any atom is 0.0498 e. The van der Waals surface area contributed by atoms with Crippen LogP contribution in [-0.2, 0) is 9.73 Å². The third kappa shape index (κ3) is 3.11. The van der Waals surface area contributed by atoms with Gasteiger partial charge < -0.3 is 5.73 Å². The fraction of sp³-hybridized carbons (Fsp3) is 1.00. The number of nitrogens with two attached hydrogens (primary N) is 1. The zero-order valence-corrected chi connectivity index (χ0v) is 8.48. The number of rotatable bonds is 3. The predicted octanol–water partition coefficient (Wildman–Crippen LogP) is 0.986. The highest BCUT2D eigenvalue weighted by Gasteiger charge is 2.15. The molecule has 0 bridgehead atoms. The minimum Gasteiger partial charge on any atom is -0.328 e. The van der Waals surface area contributed by atoms with Gasteiger partial charge in [0.1, 0.15) is 0 Å². The Morgan fingerprint density at radius 3 is 2.58 bits per heavy atom. The van der Waals surface area contributed by atoms with Gasteiger partial charge in [0.2, 0.25) is 0 Å². The first kappa shape index (κ1) is 9.99. The molecule has 4 heteroatoms. The van der Waals surface area contributed by atoms with Crippen molar-refractivity contribution in [1.82, 2.24) is 0 Å². The summed E-state index contributed by atoms with van der Waals surface area (Å²) in [5.41, 5.74) is 5.57. The maximum absolute atomic E-state index is 11.8. The number of nitrogens with zero attached hydrogens (tertiary/aromatic N) is 1. The van der Waals surface area contributed by atoms with Crippen LogP contribution in [0.2, 0.25) is 0 Å². The van der Waals surface area contributed by atoms with E-state index in [4.69, 9.17) is 5.73 Å². The number of hydrogen-bond acceptors (Lipinski definition) is 3. The Balaban J connectivity index is 2.40. The molecule has 2 N–H and O–H groups in total. The lowest BCUT2D eigenvalue weighted by atomic mass is 10.3. The van der Waals surface area contributed by atoms with Gasteiger partial charge in [-0.15, -0.1) is 0 Å². The van der Waals surface area contributed by atoms with Gasteiger partial charge in [0.05, 0.1) is 0 Å². The van der Waals surface area contributed by atoms with Crippen molar-refractivity contribution in [2.24, 2.45) is 10.1 Å². The first-order valence-corrected chi connectivity index (χ1v) is 6.41.